The summed E-state index contributed by atoms with van der Waals surface area (Å²) in [5, 5.41) is 17.5. The van der Waals surface area contributed by atoms with Gasteiger partial charge in [-0.2, -0.15) is 0 Å². The summed E-state index contributed by atoms with van der Waals surface area (Å²) in [7, 11) is 0. The van der Waals surface area contributed by atoms with E-state index in [0.717, 1.165) is 0 Å². The number of aliphatic hydroxyl groups is 2. The highest BCUT2D eigenvalue weighted by Gasteiger charge is 2.06. The highest BCUT2D eigenvalue weighted by Crippen LogP contribution is 1.93. The Labute approximate surface area is 108 Å². The van der Waals surface area contributed by atoms with Crippen LogP contribution in [-0.2, 0) is 18.9 Å². The van der Waals surface area contributed by atoms with Crippen molar-refractivity contribution in [1.29, 1.82) is 0 Å². The normalized spacial score (nSPS) is 12.6. The molecule has 0 saturated carbocycles. The number of hydrogen-bond donors (Lipinski definition) is 2. The van der Waals surface area contributed by atoms with Gasteiger partial charge in [0.1, 0.15) is 6.10 Å². The molecule has 0 aromatic rings. The van der Waals surface area contributed by atoms with E-state index in [1.165, 1.54) is 0 Å². The van der Waals surface area contributed by atoms with Crippen LogP contribution in [0, 0.1) is 0 Å². The number of rotatable bonds is 14. The van der Waals surface area contributed by atoms with Gasteiger partial charge in [0, 0.05) is 0 Å². The average Bonchev–Trinajstić information content (AvgIpc) is 2.40. The van der Waals surface area contributed by atoms with Crippen molar-refractivity contribution in [1.82, 2.24) is 0 Å². The van der Waals surface area contributed by atoms with Gasteiger partial charge in [-0.05, 0) is 0 Å². The van der Waals surface area contributed by atoms with Crippen LogP contribution < -0.4 is 0 Å². The second-order valence-corrected chi connectivity index (χ2v) is 3.45. The van der Waals surface area contributed by atoms with Crippen LogP contribution in [0.15, 0.2) is 12.7 Å². The quantitative estimate of drug-likeness (QED) is 0.328. The van der Waals surface area contributed by atoms with Gasteiger partial charge < -0.3 is 29.2 Å². The molecule has 1 atom stereocenters. The first-order chi connectivity index (χ1) is 8.85. The third-order valence-electron chi connectivity index (χ3n) is 1.93. The molecule has 2 N–H and O–H groups in total. The Bertz CT molecular complexity index is 176. The minimum Gasteiger partial charge on any atom is -0.394 e. The van der Waals surface area contributed by atoms with Crippen molar-refractivity contribution in [3.63, 3.8) is 0 Å². The van der Waals surface area contributed by atoms with E-state index in [0.29, 0.717) is 46.2 Å². The average molecular weight is 264 g/mol. The van der Waals surface area contributed by atoms with E-state index in [4.69, 9.17) is 29.2 Å². The lowest BCUT2D eigenvalue weighted by molar-refractivity contribution is -0.0595. The van der Waals surface area contributed by atoms with Gasteiger partial charge in [0.05, 0.1) is 59.5 Å². The number of aliphatic hydroxyl groups excluding tert-OH is 2. The number of ether oxygens (including phenoxy) is 4. The SMILES string of the molecule is C=CCOCC(CO)OCCOCCOCCO. The Morgan fingerprint density at radius 2 is 1.61 bits per heavy atom. The molecule has 0 fully saturated rings. The van der Waals surface area contributed by atoms with E-state index in [2.05, 4.69) is 6.58 Å². The summed E-state index contributed by atoms with van der Waals surface area (Å²) in [6.45, 7) is 6.29. The standard InChI is InChI=1S/C12H24O6/c1-2-4-17-11-12(10-14)18-9-8-16-7-6-15-5-3-13/h2,12-14H,1,3-11H2. The zero-order chi connectivity index (χ0) is 13.5. The molecule has 0 aromatic carbocycles. The fourth-order valence-corrected chi connectivity index (χ4v) is 1.10. The van der Waals surface area contributed by atoms with Crippen molar-refractivity contribution in [3.8, 4) is 0 Å². The molecule has 0 amide bonds. The van der Waals surface area contributed by atoms with Gasteiger partial charge in [-0.1, -0.05) is 6.08 Å². The van der Waals surface area contributed by atoms with Crippen molar-refractivity contribution in [3.05, 3.63) is 12.7 Å². The fraction of sp³-hybridized carbons (Fsp3) is 0.833. The van der Waals surface area contributed by atoms with Crippen LogP contribution in [0.5, 0.6) is 0 Å². The van der Waals surface area contributed by atoms with E-state index in [-0.39, 0.29) is 19.3 Å². The van der Waals surface area contributed by atoms with Crippen LogP contribution >= 0.6 is 0 Å². The molecule has 0 aliphatic heterocycles. The first-order valence-corrected chi connectivity index (χ1v) is 6.02. The predicted octanol–water partition coefficient (Wildman–Crippen LogP) is -0.408. The van der Waals surface area contributed by atoms with Crippen molar-refractivity contribution in [2.45, 2.75) is 6.10 Å². The van der Waals surface area contributed by atoms with Crippen LogP contribution in [0.3, 0.4) is 0 Å². The molecule has 0 aliphatic rings. The van der Waals surface area contributed by atoms with Crippen LogP contribution in [0.1, 0.15) is 0 Å². The maximum atomic E-state index is 9.01. The van der Waals surface area contributed by atoms with E-state index < -0.39 is 0 Å². The second kappa shape index (κ2) is 14.6. The molecule has 0 bridgehead atoms. The molecule has 6 nitrogen and oxygen atoms in total. The number of hydrogen-bond acceptors (Lipinski definition) is 6. The summed E-state index contributed by atoms with van der Waals surface area (Å²) < 4.78 is 20.8. The van der Waals surface area contributed by atoms with Gasteiger partial charge in [0.25, 0.3) is 0 Å². The third-order valence-corrected chi connectivity index (χ3v) is 1.93. The summed E-state index contributed by atoms with van der Waals surface area (Å²) in [6.07, 6.45) is 1.31. The van der Waals surface area contributed by atoms with Gasteiger partial charge in [-0.15, -0.1) is 6.58 Å². The molecular formula is C12H24O6. The Morgan fingerprint density at radius 3 is 2.22 bits per heavy atom. The molecule has 0 radical (unpaired) electrons. The van der Waals surface area contributed by atoms with Crippen LogP contribution in [-0.4, -0.2) is 75.8 Å². The lowest BCUT2D eigenvalue weighted by Crippen LogP contribution is -2.26. The Morgan fingerprint density at radius 1 is 0.944 bits per heavy atom. The monoisotopic (exact) mass is 264 g/mol. The van der Waals surface area contributed by atoms with Gasteiger partial charge in [0.15, 0.2) is 0 Å². The van der Waals surface area contributed by atoms with E-state index in [1.54, 1.807) is 6.08 Å². The Kier molecular flexibility index (Phi) is 14.2. The zero-order valence-electron chi connectivity index (χ0n) is 10.8. The molecule has 0 heterocycles. The molecule has 0 spiro atoms. The highest BCUT2D eigenvalue weighted by atomic mass is 16.6. The maximum absolute atomic E-state index is 9.01. The second-order valence-electron chi connectivity index (χ2n) is 3.45. The molecule has 18 heavy (non-hydrogen) atoms. The zero-order valence-corrected chi connectivity index (χ0v) is 10.8. The molecule has 0 saturated heterocycles. The Balaban J connectivity index is 3.25. The molecule has 1 unspecified atom stereocenters. The van der Waals surface area contributed by atoms with Crippen molar-refractivity contribution in [2.75, 3.05) is 59.5 Å². The smallest absolute Gasteiger partial charge is 0.104 e. The molecule has 0 aliphatic carbocycles. The molecule has 0 aromatic heterocycles. The van der Waals surface area contributed by atoms with Gasteiger partial charge in [-0.25, -0.2) is 0 Å². The van der Waals surface area contributed by atoms with Gasteiger partial charge in [0.2, 0.25) is 0 Å². The van der Waals surface area contributed by atoms with Crippen molar-refractivity contribution < 1.29 is 29.2 Å². The largest absolute Gasteiger partial charge is 0.394 e. The topological polar surface area (TPSA) is 77.4 Å². The Hall–Kier alpha value is -0.500. The molecular weight excluding hydrogens is 240 g/mol. The molecule has 108 valence electrons. The van der Waals surface area contributed by atoms with E-state index in [9.17, 15) is 0 Å². The lowest BCUT2D eigenvalue weighted by atomic mass is 10.4. The fourth-order valence-electron chi connectivity index (χ4n) is 1.10. The van der Waals surface area contributed by atoms with Gasteiger partial charge in [-0.3, -0.25) is 0 Å². The minimum absolute atomic E-state index is 0.0198. The van der Waals surface area contributed by atoms with Crippen molar-refractivity contribution >= 4 is 0 Å². The van der Waals surface area contributed by atoms with Gasteiger partial charge >= 0.3 is 0 Å². The lowest BCUT2D eigenvalue weighted by Gasteiger charge is -2.15. The molecule has 6 heteroatoms. The first-order valence-electron chi connectivity index (χ1n) is 6.02. The van der Waals surface area contributed by atoms with Crippen LogP contribution in [0.4, 0.5) is 0 Å². The third kappa shape index (κ3) is 12.0. The minimum atomic E-state index is -0.334. The summed E-state index contributed by atoms with van der Waals surface area (Å²) in [6, 6.07) is 0. The van der Waals surface area contributed by atoms with Crippen LogP contribution in [0.25, 0.3) is 0 Å². The summed E-state index contributed by atoms with van der Waals surface area (Å²) in [5.74, 6) is 0. The summed E-state index contributed by atoms with van der Waals surface area (Å²) >= 11 is 0. The summed E-state index contributed by atoms with van der Waals surface area (Å²) in [5.41, 5.74) is 0. The maximum Gasteiger partial charge on any atom is 0.104 e. The predicted molar refractivity (Wildman–Crippen MR) is 66.6 cm³/mol. The first kappa shape index (κ1) is 17.5. The van der Waals surface area contributed by atoms with E-state index in [1.807, 2.05) is 0 Å². The van der Waals surface area contributed by atoms with Crippen molar-refractivity contribution in [2.24, 2.45) is 0 Å². The highest BCUT2D eigenvalue weighted by molar-refractivity contribution is 4.65. The summed E-state index contributed by atoms with van der Waals surface area (Å²) in [4.78, 5) is 0. The van der Waals surface area contributed by atoms with E-state index >= 15 is 0 Å². The van der Waals surface area contributed by atoms with Crippen LogP contribution in [0.2, 0.25) is 0 Å². The molecule has 0 rings (SSSR count).